The van der Waals surface area contributed by atoms with E-state index in [4.69, 9.17) is 30.5 Å². The van der Waals surface area contributed by atoms with Crippen molar-refractivity contribution in [1.82, 2.24) is 19.9 Å². The van der Waals surface area contributed by atoms with E-state index in [1.165, 1.54) is 6.92 Å². The van der Waals surface area contributed by atoms with E-state index < -0.39 is 10.0 Å². The van der Waals surface area contributed by atoms with Gasteiger partial charge in [-0.05, 0) is 35.0 Å². The Morgan fingerprint density at radius 1 is 1.00 bits per heavy atom. The molecule has 0 aliphatic carbocycles. The number of rotatable bonds is 12. The van der Waals surface area contributed by atoms with Crippen LogP contribution in [0.25, 0.3) is 0 Å². The number of benzene rings is 1. The van der Waals surface area contributed by atoms with Gasteiger partial charge in [0, 0.05) is 12.4 Å². The van der Waals surface area contributed by atoms with E-state index in [0.717, 1.165) is 10.8 Å². The third-order valence-electron chi connectivity index (χ3n) is 3.82. The van der Waals surface area contributed by atoms with E-state index in [2.05, 4.69) is 40.6 Å². The number of hydrogen-bond donors (Lipinski definition) is 1. The van der Waals surface area contributed by atoms with Gasteiger partial charge in [0.05, 0.1) is 10.2 Å². The minimum absolute atomic E-state index is 0.0141. The van der Waals surface area contributed by atoms with E-state index >= 15 is 0 Å². The molecule has 2 heterocycles. The average molecular weight is 561 g/mol. The topological polar surface area (TPSA) is 135 Å². The summed E-state index contributed by atoms with van der Waals surface area (Å²) >= 11 is 8.92. The smallest absolute Gasteiger partial charge is 0.316 e. The second-order valence-electron chi connectivity index (χ2n) is 6.05. The van der Waals surface area contributed by atoms with Gasteiger partial charge >= 0.3 is 6.01 Å². The van der Waals surface area contributed by atoms with Gasteiger partial charge in [0.2, 0.25) is 15.8 Å². The van der Waals surface area contributed by atoms with Crippen LogP contribution in [0.1, 0.15) is 6.92 Å². The van der Waals surface area contributed by atoms with E-state index in [1.54, 1.807) is 36.7 Å². The van der Waals surface area contributed by atoms with E-state index in [9.17, 15) is 8.42 Å². The van der Waals surface area contributed by atoms with Crippen molar-refractivity contribution in [2.45, 2.75) is 6.92 Å². The van der Waals surface area contributed by atoms with Crippen molar-refractivity contribution in [3.8, 4) is 29.1 Å². The second-order valence-corrected chi connectivity index (χ2v) is 9.19. The van der Waals surface area contributed by atoms with E-state index in [0.29, 0.717) is 5.75 Å². The summed E-state index contributed by atoms with van der Waals surface area (Å²) in [5, 5.41) is 0. The average Bonchev–Trinajstić information content (AvgIpc) is 2.81. The Hall–Kier alpha value is -2.90. The lowest BCUT2D eigenvalue weighted by molar-refractivity contribution is 0.197. The van der Waals surface area contributed by atoms with Crippen molar-refractivity contribution in [2.75, 3.05) is 29.8 Å². The van der Waals surface area contributed by atoms with Crippen LogP contribution in [0.3, 0.4) is 0 Å². The SMILES string of the molecule is CCS(=O)(=O)Nc1ncnc(OCCOc2ncc(Br)cn2)c1Oc1ccccc1OCCl. The summed E-state index contributed by atoms with van der Waals surface area (Å²) in [6, 6.07) is 6.76. The monoisotopic (exact) mass is 559 g/mol. The summed E-state index contributed by atoms with van der Waals surface area (Å²) in [5.74, 6) is 0.260. The molecule has 0 unspecified atom stereocenters. The van der Waals surface area contributed by atoms with Gasteiger partial charge < -0.3 is 18.9 Å². The highest BCUT2D eigenvalue weighted by Gasteiger charge is 2.21. The first-order chi connectivity index (χ1) is 15.9. The van der Waals surface area contributed by atoms with Gasteiger partial charge in [0.25, 0.3) is 5.88 Å². The van der Waals surface area contributed by atoms with E-state index in [-0.39, 0.29) is 54.2 Å². The molecule has 0 saturated carbocycles. The molecule has 33 heavy (non-hydrogen) atoms. The molecule has 2 aromatic heterocycles. The molecule has 3 rings (SSSR count). The Balaban J connectivity index is 1.82. The molecule has 3 aromatic rings. The zero-order valence-electron chi connectivity index (χ0n) is 17.3. The van der Waals surface area contributed by atoms with Gasteiger partial charge in [-0.3, -0.25) is 4.72 Å². The zero-order valence-corrected chi connectivity index (χ0v) is 20.4. The molecule has 1 aromatic carbocycles. The first-order valence-corrected chi connectivity index (χ1v) is 12.4. The first-order valence-electron chi connectivity index (χ1n) is 9.46. The number of sulfonamides is 1. The molecule has 0 amide bonds. The lowest BCUT2D eigenvalue weighted by Crippen LogP contribution is -2.17. The minimum atomic E-state index is -3.66. The van der Waals surface area contributed by atoms with Gasteiger partial charge in [0.15, 0.2) is 23.4 Å². The van der Waals surface area contributed by atoms with Crippen LogP contribution in [-0.2, 0) is 10.0 Å². The lowest BCUT2D eigenvalue weighted by Gasteiger charge is -2.16. The van der Waals surface area contributed by atoms with Gasteiger partial charge in [0.1, 0.15) is 19.5 Å². The second kappa shape index (κ2) is 11.8. The molecule has 0 aliphatic rings. The Kier molecular flexibility index (Phi) is 8.86. The summed E-state index contributed by atoms with van der Waals surface area (Å²) in [6.07, 6.45) is 4.24. The Morgan fingerprint density at radius 3 is 2.39 bits per heavy atom. The standard InChI is InChI=1S/C19H19BrClN5O6S/c1-2-33(27,28)26-17-16(32-15-6-4-3-5-14(15)31-11-21)18(25-12-24-17)29-7-8-30-19-22-9-13(20)10-23-19/h3-6,9-10,12H,2,7-8,11H2,1H3,(H,24,25,26). The maximum atomic E-state index is 12.1. The van der Waals surface area contributed by atoms with Gasteiger partial charge in [-0.25, -0.2) is 23.4 Å². The maximum Gasteiger partial charge on any atom is 0.316 e. The highest BCUT2D eigenvalue weighted by molar-refractivity contribution is 9.10. The fourth-order valence-corrected chi connectivity index (χ4v) is 3.22. The molecular weight excluding hydrogens is 542 g/mol. The largest absolute Gasteiger partial charge is 0.474 e. The Bertz CT molecular complexity index is 1170. The highest BCUT2D eigenvalue weighted by atomic mass is 79.9. The van der Waals surface area contributed by atoms with Crippen LogP contribution >= 0.6 is 27.5 Å². The summed E-state index contributed by atoms with van der Waals surface area (Å²) in [4.78, 5) is 16.1. The summed E-state index contributed by atoms with van der Waals surface area (Å²) in [5.41, 5.74) is 0. The van der Waals surface area contributed by atoms with Crippen molar-refractivity contribution in [3.63, 3.8) is 0 Å². The first kappa shape index (κ1) is 24.7. The minimum Gasteiger partial charge on any atom is -0.474 e. The van der Waals surface area contributed by atoms with Crippen LogP contribution < -0.4 is 23.7 Å². The molecule has 11 nitrogen and oxygen atoms in total. The number of hydrogen-bond acceptors (Lipinski definition) is 10. The van der Waals surface area contributed by atoms with Crippen molar-refractivity contribution in [2.24, 2.45) is 0 Å². The number of anilines is 1. The van der Waals surface area contributed by atoms with Crippen LogP contribution in [-0.4, -0.2) is 53.4 Å². The van der Waals surface area contributed by atoms with Gasteiger partial charge in [-0.15, -0.1) is 0 Å². The molecule has 0 saturated heterocycles. The molecule has 0 bridgehead atoms. The fourth-order valence-electron chi connectivity index (χ4n) is 2.31. The number of ether oxygens (including phenoxy) is 4. The van der Waals surface area contributed by atoms with Gasteiger partial charge in [-0.1, -0.05) is 23.7 Å². The van der Waals surface area contributed by atoms with Crippen LogP contribution in [0.4, 0.5) is 5.82 Å². The van der Waals surface area contributed by atoms with Crippen LogP contribution in [0.5, 0.6) is 29.1 Å². The molecule has 176 valence electrons. The number of aromatic nitrogens is 4. The predicted molar refractivity (Wildman–Crippen MR) is 124 cm³/mol. The third kappa shape index (κ3) is 7.30. The molecular formula is C19H19BrClN5O6S. The molecule has 0 atom stereocenters. The van der Waals surface area contributed by atoms with Crippen LogP contribution in [0, 0.1) is 0 Å². The summed E-state index contributed by atoms with van der Waals surface area (Å²) in [6.45, 7) is 1.62. The summed E-state index contributed by atoms with van der Waals surface area (Å²) in [7, 11) is -3.66. The molecule has 14 heteroatoms. The lowest BCUT2D eigenvalue weighted by atomic mass is 10.3. The van der Waals surface area contributed by atoms with Gasteiger partial charge in [-0.2, -0.15) is 4.98 Å². The molecule has 0 fully saturated rings. The number of nitrogens with one attached hydrogen (secondary N) is 1. The van der Waals surface area contributed by atoms with Crippen molar-refractivity contribution in [3.05, 3.63) is 47.5 Å². The van der Waals surface area contributed by atoms with Crippen molar-refractivity contribution < 1.29 is 27.4 Å². The molecule has 1 N–H and O–H groups in total. The quantitative estimate of drug-likeness (QED) is 0.258. The number of halogens is 2. The fraction of sp³-hybridized carbons (Fsp3) is 0.263. The van der Waals surface area contributed by atoms with Crippen LogP contribution in [0.2, 0.25) is 0 Å². The highest BCUT2D eigenvalue weighted by Crippen LogP contribution is 2.39. The zero-order chi connectivity index (χ0) is 23.7. The number of alkyl halides is 1. The molecule has 0 spiro atoms. The maximum absolute atomic E-state index is 12.1. The van der Waals surface area contributed by atoms with Crippen molar-refractivity contribution in [1.29, 1.82) is 0 Å². The predicted octanol–water partition coefficient (Wildman–Crippen LogP) is 3.62. The number of para-hydroxylation sites is 2. The summed E-state index contributed by atoms with van der Waals surface area (Å²) < 4.78 is 49.7. The molecule has 0 radical (unpaired) electrons. The molecule has 0 aliphatic heterocycles. The van der Waals surface area contributed by atoms with Crippen molar-refractivity contribution >= 4 is 43.4 Å². The van der Waals surface area contributed by atoms with Crippen LogP contribution in [0.15, 0.2) is 47.5 Å². The third-order valence-corrected chi connectivity index (χ3v) is 5.61. The normalized spacial score (nSPS) is 11.0. The van der Waals surface area contributed by atoms with E-state index in [1.807, 2.05) is 0 Å². The Labute approximate surface area is 203 Å². The number of nitrogens with zero attached hydrogens (tertiary/aromatic N) is 4. The Morgan fingerprint density at radius 2 is 1.70 bits per heavy atom.